The van der Waals surface area contributed by atoms with Crippen LogP contribution >= 0.6 is 0 Å². The fourth-order valence-electron chi connectivity index (χ4n) is 4.91. The Morgan fingerprint density at radius 2 is 1.79 bits per heavy atom. The molecule has 6 heteroatoms. The van der Waals surface area contributed by atoms with Gasteiger partial charge in [0.15, 0.2) is 5.78 Å². The van der Waals surface area contributed by atoms with E-state index in [9.17, 15) is 14.4 Å². The van der Waals surface area contributed by atoms with Crippen molar-refractivity contribution in [3.05, 3.63) is 22.5 Å². The Balaban J connectivity index is 1.96. The van der Waals surface area contributed by atoms with Gasteiger partial charge in [-0.3, -0.25) is 14.4 Å². The predicted molar refractivity (Wildman–Crippen MR) is 109 cm³/mol. The van der Waals surface area contributed by atoms with E-state index in [-0.39, 0.29) is 36.0 Å². The number of carbonyl (C=O) groups is 3. The Morgan fingerprint density at radius 1 is 1.11 bits per heavy atom. The molecule has 1 saturated carbocycles. The van der Waals surface area contributed by atoms with Gasteiger partial charge in [0, 0.05) is 36.5 Å². The van der Waals surface area contributed by atoms with E-state index in [0.717, 1.165) is 41.8 Å². The van der Waals surface area contributed by atoms with Gasteiger partial charge in [0.05, 0.1) is 13.0 Å². The highest BCUT2D eigenvalue weighted by molar-refractivity contribution is 6.02. The number of amides is 2. The molecule has 0 unspecified atom stereocenters. The van der Waals surface area contributed by atoms with Crippen molar-refractivity contribution in [2.24, 2.45) is 5.41 Å². The smallest absolute Gasteiger partial charge is 0.239 e. The van der Waals surface area contributed by atoms with Gasteiger partial charge < -0.3 is 15.2 Å². The fraction of sp³-hybridized carbons (Fsp3) is 0.682. The molecule has 2 aliphatic rings. The monoisotopic (exact) mass is 387 g/mol. The van der Waals surface area contributed by atoms with Crippen molar-refractivity contribution in [3.63, 3.8) is 0 Å². The summed E-state index contributed by atoms with van der Waals surface area (Å²) in [6.07, 6.45) is 7.52. The molecule has 3 rings (SSSR count). The van der Waals surface area contributed by atoms with Gasteiger partial charge in [-0.15, -0.1) is 0 Å². The van der Waals surface area contributed by atoms with Crippen LogP contribution in [0.4, 0.5) is 0 Å². The molecule has 154 valence electrons. The average Bonchev–Trinajstić information content (AvgIpc) is 2.90. The normalized spacial score (nSPS) is 19.2. The van der Waals surface area contributed by atoms with Gasteiger partial charge in [-0.1, -0.05) is 33.1 Å². The van der Waals surface area contributed by atoms with Crippen LogP contribution in [-0.2, 0) is 22.4 Å². The van der Waals surface area contributed by atoms with E-state index in [1.807, 2.05) is 0 Å². The van der Waals surface area contributed by atoms with E-state index in [4.69, 9.17) is 0 Å². The number of hydrogen-bond acceptors (Lipinski definition) is 3. The first-order valence-corrected chi connectivity index (χ1v) is 10.5. The highest BCUT2D eigenvalue weighted by Crippen LogP contribution is 2.42. The number of nitrogens with zero attached hydrogens (tertiary/aromatic N) is 1. The number of aromatic nitrogens is 1. The minimum atomic E-state index is -0.232. The van der Waals surface area contributed by atoms with E-state index in [2.05, 4.69) is 36.0 Å². The molecule has 2 amide bonds. The maximum Gasteiger partial charge on any atom is 0.239 e. The van der Waals surface area contributed by atoms with Crippen molar-refractivity contribution >= 4 is 17.6 Å². The zero-order chi connectivity index (χ0) is 20.5. The molecule has 0 atom stereocenters. The van der Waals surface area contributed by atoms with Gasteiger partial charge in [-0.2, -0.15) is 0 Å². The molecule has 1 fully saturated rings. The molecule has 0 radical (unpaired) electrons. The first kappa shape index (κ1) is 20.6. The van der Waals surface area contributed by atoms with Crippen LogP contribution in [0, 0.1) is 12.3 Å². The molecule has 1 aromatic rings. The van der Waals surface area contributed by atoms with Crippen LogP contribution in [0.1, 0.15) is 85.7 Å². The van der Waals surface area contributed by atoms with Crippen LogP contribution in [0.25, 0.3) is 0 Å². The molecular weight excluding hydrogens is 354 g/mol. The largest absolute Gasteiger partial charge is 0.358 e. The minimum absolute atomic E-state index is 0.0408. The predicted octanol–water partition coefficient (Wildman–Crippen LogP) is 2.86. The van der Waals surface area contributed by atoms with E-state index >= 15 is 0 Å². The maximum absolute atomic E-state index is 13.1. The zero-order valence-electron chi connectivity index (χ0n) is 17.6. The number of likely N-dealkylation sites (N-methyl/N-ethyl adjacent to an activating group) is 1. The number of hydrogen-bond donors (Lipinski definition) is 2. The molecule has 28 heavy (non-hydrogen) atoms. The molecule has 6 nitrogen and oxygen atoms in total. The lowest BCUT2D eigenvalue weighted by atomic mass is 9.75. The molecule has 2 aliphatic carbocycles. The maximum atomic E-state index is 13.1. The quantitative estimate of drug-likeness (QED) is 0.815. The second-order valence-corrected chi connectivity index (χ2v) is 9.12. The topological polar surface area (TPSA) is 80.2 Å². The van der Waals surface area contributed by atoms with E-state index in [0.29, 0.717) is 12.5 Å². The second-order valence-electron chi connectivity index (χ2n) is 9.12. The Bertz CT molecular complexity index is 785. The summed E-state index contributed by atoms with van der Waals surface area (Å²) < 4.78 is 2.38. The van der Waals surface area contributed by atoms with Crippen LogP contribution in [0.3, 0.4) is 0 Å². The Morgan fingerprint density at radius 3 is 2.43 bits per heavy atom. The molecule has 0 aliphatic heterocycles. The van der Waals surface area contributed by atoms with Gasteiger partial charge in [0.1, 0.15) is 0 Å². The highest BCUT2D eigenvalue weighted by Gasteiger charge is 2.38. The molecule has 0 saturated heterocycles. The van der Waals surface area contributed by atoms with E-state index < -0.39 is 0 Å². The fourth-order valence-corrected chi connectivity index (χ4v) is 4.91. The first-order valence-electron chi connectivity index (χ1n) is 10.5. The minimum Gasteiger partial charge on any atom is -0.358 e. The number of nitrogens with one attached hydrogen (secondary N) is 2. The summed E-state index contributed by atoms with van der Waals surface area (Å²) in [5.74, 6) is -0.296. The van der Waals surface area contributed by atoms with Gasteiger partial charge in [-0.25, -0.2) is 0 Å². The van der Waals surface area contributed by atoms with Gasteiger partial charge in [0.2, 0.25) is 11.8 Å². The Kier molecular flexibility index (Phi) is 5.96. The van der Waals surface area contributed by atoms with Crippen molar-refractivity contribution < 1.29 is 14.4 Å². The van der Waals surface area contributed by atoms with Crippen molar-refractivity contribution in [2.45, 2.75) is 78.2 Å². The number of rotatable bonds is 5. The van der Waals surface area contributed by atoms with Crippen molar-refractivity contribution in [3.8, 4) is 0 Å². The van der Waals surface area contributed by atoms with Crippen molar-refractivity contribution in [2.75, 3.05) is 13.6 Å². The summed E-state index contributed by atoms with van der Waals surface area (Å²) in [4.78, 5) is 37.0. The van der Waals surface area contributed by atoms with Crippen LogP contribution in [0.15, 0.2) is 0 Å². The van der Waals surface area contributed by atoms with Crippen molar-refractivity contribution in [1.82, 2.24) is 15.2 Å². The summed E-state index contributed by atoms with van der Waals surface area (Å²) in [5, 5.41) is 5.16. The van der Waals surface area contributed by atoms with Crippen LogP contribution in [-0.4, -0.2) is 35.8 Å². The second kappa shape index (κ2) is 8.10. The third-order valence-electron chi connectivity index (χ3n) is 6.25. The molecule has 1 heterocycles. The first-order chi connectivity index (χ1) is 13.2. The molecular formula is C22H33N3O3. The standard InChI is InChI=1S/C22H33N3O3/c1-14-16(10-19(27)24-13-20(28)23-4)21-17(11-22(2,3)12-18(21)26)25(14)15-8-6-5-7-9-15/h15H,5-13H2,1-4H3,(H,23,28)(H,24,27). The zero-order valence-corrected chi connectivity index (χ0v) is 17.6. The lowest BCUT2D eigenvalue weighted by Crippen LogP contribution is -2.36. The summed E-state index contributed by atoms with van der Waals surface area (Å²) in [7, 11) is 1.54. The molecule has 0 aromatic carbocycles. The third kappa shape index (κ3) is 4.15. The summed E-state index contributed by atoms with van der Waals surface area (Å²) in [5.41, 5.74) is 3.76. The summed E-state index contributed by atoms with van der Waals surface area (Å²) >= 11 is 0. The Hall–Kier alpha value is -2.11. The molecule has 2 N–H and O–H groups in total. The number of carbonyl (C=O) groups excluding carboxylic acids is 3. The van der Waals surface area contributed by atoms with Gasteiger partial charge in [0.25, 0.3) is 0 Å². The van der Waals surface area contributed by atoms with Crippen LogP contribution in [0.2, 0.25) is 0 Å². The van der Waals surface area contributed by atoms with Crippen LogP contribution in [0.5, 0.6) is 0 Å². The van der Waals surface area contributed by atoms with Gasteiger partial charge in [-0.05, 0) is 37.2 Å². The number of Topliss-reactive ketones (excluding diaryl/α,β-unsaturated/α-hetero) is 1. The molecule has 0 spiro atoms. The Labute approximate surface area is 167 Å². The SMILES string of the molecule is CNC(=O)CNC(=O)Cc1c2c(n(C3CCCCC3)c1C)CC(C)(C)CC2=O. The highest BCUT2D eigenvalue weighted by atomic mass is 16.2. The van der Waals surface area contributed by atoms with E-state index in [1.54, 1.807) is 7.05 Å². The van der Waals surface area contributed by atoms with Crippen LogP contribution < -0.4 is 10.6 Å². The lowest BCUT2D eigenvalue weighted by Gasteiger charge is -2.33. The van der Waals surface area contributed by atoms with E-state index in [1.165, 1.54) is 19.3 Å². The number of fused-ring (bicyclic) bond motifs is 1. The average molecular weight is 388 g/mol. The molecule has 1 aromatic heterocycles. The molecule has 0 bridgehead atoms. The van der Waals surface area contributed by atoms with Crippen molar-refractivity contribution in [1.29, 1.82) is 0 Å². The number of ketones is 1. The van der Waals surface area contributed by atoms with Gasteiger partial charge >= 0.3 is 0 Å². The lowest BCUT2D eigenvalue weighted by molar-refractivity contribution is -0.125. The third-order valence-corrected chi connectivity index (χ3v) is 6.25. The summed E-state index contributed by atoms with van der Waals surface area (Å²) in [6.45, 7) is 6.31. The summed E-state index contributed by atoms with van der Waals surface area (Å²) in [6, 6.07) is 0.423.